The number of nitrogens with zero attached hydrogens (tertiary/aromatic N) is 3. The highest BCUT2D eigenvalue weighted by molar-refractivity contribution is 6.28. The van der Waals surface area contributed by atoms with Crippen LogP contribution in [-0.2, 0) is 0 Å². The predicted molar refractivity (Wildman–Crippen MR) is 71.9 cm³/mol. The average molecular weight is 311 g/mol. The Balaban J connectivity index is 2.01. The molecule has 106 valence electrons. The molecule has 0 amide bonds. The van der Waals surface area contributed by atoms with Gasteiger partial charge in [-0.05, 0) is 23.7 Å². The second-order valence-corrected chi connectivity index (χ2v) is 4.48. The summed E-state index contributed by atoms with van der Waals surface area (Å²) < 4.78 is 39.8. The number of aromatic nitrogens is 3. The lowest BCUT2D eigenvalue weighted by molar-refractivity contribution is 0.510. The fourth-order valence-corrected chi connectivity index (χ4v) is 1.89. The van der Waals surface area contributed by atoms with E-state index in [9.17, 15) is 13.2 Å². The zero-order chi connectivity index (χ0) is 15.0. The lowest BCUT2D eigenvalue weighted by Gasteiger charge is -2.07. The molecule has 0 atom stereocenters. The fraction of sp³-hybridized carbons (Fsp3) is 0. The van der Waals surface area contributed by atoms with E-state index in [4.69, 9.17) is 11.6 Å². The number of rotatable bonds is 2. The van der Waals surface area contributed by atoms with Crippen LogP contribution in [0.4, 0.5) is 24.7 Å². The molecule has 0 radical (unpaired) electrons. The van der Waals surface area contributed by atoms with E-state index in [-0.39, 0.29) is 16.6 Å². The van der Waals surface area contributed by atoms with Crippen molar-refractivity contribution in [1.82, 2.24) is 15.0 Å². The summed E-state index contributed by atoms with van der Waals surface area (Å²) in [5, 5.41) is 2.89. The van der Waals surface area contributed by atoms with E-state index in [1.165, 1.54) is 12.3 Å². The summed E-state index contributed by atoms with van der Waals surface area (Å²) in [5.41, 5.74) is 0.628. The number of hydrogen-bond donors (Lipinski definition) is 1. The molecule has 0 fully saturated rings. The minimum atomic E-state index is -0.988. The van der Waals surface area contributed by atoms with Crippen LogP contribution in [0.3, 0.4) is 0 Å². The molecule has 3 aromatic rings. The number of nitrogens with one attached hydrogen (secondary N) is 1. The van der Waals surface area contributed by atoms with Gasteiger partial charge in [-0.15, -0.1) is 0 Å². The van der Waals surface area contributed by atoms with Gasteiger partial charge in [0.15, 0.2) is 23.3 Å². The Morgan fingerprint density at radius 2 is 1.67 bits per heavy atom. The number of pyridine rings is 1. The second kappa shape index (κ2) is 5.17. The first kappa shape index (κ1) is 13.6. The van der Waals surface area contributed by atoms with Gasteiger partial charge < -0.3 is 5.32 Å². The van der Waals surface area contributed by atoms with Crippen molar-refractivity contribution in [1.29, 1.82) is 0 Å². The Morgan fingerprint density at radius 3 is 2.48 bits per heavy atom. The summed E-state index contributed by atoms with van der Waals surface area (Å²) in [5.74, 6) is -2.81. The predicted octanol–water partition coefficient (Wildman–Crippen LogP) is 3.84. The molecule has 2 aromatic heterocycles. The van der Waals surface area contributed by atoms with E-state index in [0.717, 1.165) is 18.3 Å². The molecular formula is C13H6ClF3N4. The van der Waals surface area contributed by atoms with Crippen molar-refractivity contribution in [2.75, 3.05) is 5.32 Å². The van der Waals surface area contributed by atoms with Crippen molar-refractivity contribution >= 4 is 34.0 Å². The van der Waals surface area contributed by atoms with E-state index < -0.39 is 17.5 Å². The molecule has 2 heterocycles. The van der Waals surface area contributed by atoms with Gasteiger partial charge in [0.05, 0.1) is 23.6 Å². The molecule has 0 saturated heterocycles. The van der Waals surface area contributed by atoms with Crippen molar-refractivity contribution in [2.24, 2.45) is 0 Å². The molecule has 0 unspecified atom stereocenters. The van der Waals surface area contributed by atoms with Gasteiger partial charge in [-0.2, -0.15) is 4.98 Å². The van der Waals surface area contributed by atoms with Crippen molar-refractivity contribution < 1.29 is 13.2 Å². The minimum absolute atomic E-state index is 0.124. The Bertz CT molecular complexity index is 841. The molecule has 3 rings (SSSR count). The molecule has 0 spiro atoms. The van der Waals surface area contributed by atoms with Gasteiger partial charge in [0.1, 0.15) is 0 Å². The number of anilines is 2. The average Bonchev–Trinajstić information content (AvgIpc) is 2.44. The van der Waals surface area contributed by atoms with Crippen molar-refractivity contribution in [3.63, 3.8) is 0 Å². The van der Waals surface area contributed by atoms with Crippen molar-refractivity contribution in [3.8, 4) is 0 Å². The van der Waals surface area contributed by atoms with Gasteiger partial charge in [0.25, 0.3) is 0 Å². The van der Waals surface area contributed by atoms with E-state index in [1.54, 1.807) is 0 Å². The highest BCUT2D eigenvalue weighted by atomic mass is 35.5. The third-order valence-electron chi connectivity index (χ3n) is 2.70. The molecule has 0 aliphatic rings. The molecule has 4 nitrogen and oxygen atoms in total. The van der Waals surface area contributed by atoms with Gasteiger partial charge >= 0.3 is 0 Å². The lowest BCUT2D eigenvalue weighted by atomic mass is 10.2. The molecule has 0 bridgehead atoms. The molecular weight excluding hydrogens is 305 g/mol. The normalized spacial score (nSPS) is 10.9. The minimum Gasteiger partial charge on any atom is -0.336 e. The highest BCUT2D eigenvalue weighted by Gasteiger charge is 2.09. The van der Waals surface area contributed by atoms with Crippen LogP contribution in [0.15, 0.2) is 30.6 Å². The van der Waals surface area contributed by atoms with Crippen molar-refractivity contribution in [2.45, 2.75) is 0 Å². The summed E-state index contributed by atoms with van der Waals surface area (Å²) in [6.07, 6.45) is 2.26. The quantitative estimate of drug-likeness (QED) is 0.731. The van der Waals surface area contributed by atoms with E-state index >= 15 is 0 Å². The summed E-state index contributed by atoms with van der Waals surface area (Å²) in [7, 11) is 0. The first-order valence-corrected chi connectivity index (χ1v) is 6.10. The SMILES string of the molecule is Fc1cc2cc(Nc3nc(Cl)ncc3F)cnc2cc1F. The van der Waals surface area contributed by atoms with Crippen LogP contribution in [0.1, 0.15) is 0 Å². The molecule has 21 heavy (non-hydrogen) atoms. The zero-order valence-corrected chi connectivity index (χ0v) is 11.0. The highest BCUT2D eigenvalue weighted by Crippen LogP contribution is 2.23. The Morgan fingerprint density at radius 1 is 0.905 bits per heavy atom. The molecule has 8 heteroatoms. The largest absolute Gasteiger partial charge is 0.336 e. The van der Waals surface area contributed by atoms with E-state index in [0.29, 0.717) is 11.1 Å². The Kier molecular flexibility index (Phi) is 3.34. The van der Waals surface area contributed by atoms with Gasteiger partial charge in [0, 0.05) is 11.5 Å². The van der Waals surface area contributed by atoms with Gasteiger partial charge in [-0.1, -0.05) is 0 Å². The van der Waals surface area contributed by atoms with Crippen molar-refractivity contribution in [3.05, 3.63) is 53.3 Å². The van der Waals surface area contributed by atoms with Gasteiger partial charge in [-0.25, -0.2) is 18.2 Å². The topological polar surface area (TPSA) is 50.7 Å². The zero-order valence-electron chi connectivity index (χ0n) is 10.2. The number of benzene rings is 1. The smallest absolute Gasteiger partial charge is 0.224 e. The maximum atomic E-state index is 13.5. The Labute approximate surface area is 121 Å². The molecule has 0 aliphatic carbocycles. The summed E-state index contributed by atoms with van der Waals surface area (Å²) in [4.78, 5) is 11.1. The first-order valence-electron chi connectivity index (χ1n) is 5.73. The number of hydrogen-bond acceptors (Lipinski definition) is 4. The maximum Gasteiger partial charge on any atom is 0.224 e. The van der Waals surface area contributed by atoms with Gasteiger partial charge in [0.2, 0.25) is 5.28 Å². The molecule has 1 aromatic carbocycles. The Hall–Kier alpha value is -2.41. The van der Waals surface area contributed by atoms with E-state index in [2.05, 4.69) is 20.3 Å². The van der Waals surface area contributed by atoms with Crippen LogP contribution in [0, 0.1) is 17.5 Å². The monoisotopic (exact) mass is 310 g/mol. The molecule has 1 N–H and O–H groups in total. The fourth-order valence-electron chi connectivity index (χ4n) is 1.76. The summed E-state index contributed by atoms with van der Waals surface area (Å²) in [6.45, 7) is 0. The third-order valence-corrected chi connectivity index (χ3v) is 2.88. The second-order valence-electron chi connectivity index (χ2n) is 4.14. The van der Waals surface area contributed by atoms with Crippen LogP contribution in [0.2, 0.25) is 5.28 Å². The summed E-state index contributed by atoms with van der Waals surface area (Å²) in [6, 6.07) is 3.48. The third kappa shape index (κ3) is 2.73. The number of fused-ring (bicyclic) bond motifs is 1. The standard InChI is InChI=1S/C13H6ClF3N4/c14-13-19-5-10(17)12(21-13)20-7-1-6-2-8(15)9(16)3-11(6)18-4-7/h1-5H,(H,19,20,21). The number of halogens is 4. The maximum absolute atomic E-state index is 13.5. The summed E-state index contributed by atoms with van der Waals surface area (Å²) >= 11 is 5.58. The molecule has 0 saturated carbocycles. The van der Waals surface area contributed by atoms with Crippen LogP contribution in [0.5, 0.6) is 0 Å². The van der Waals surface area contributed by atoms with Crippen LogP contribution in [-0.4, -0.2) is 15.0 Å². The van der Waals surface area contributed by atoms with Crippen LogP contribution < -0.4 is 5.32 Å². The lowest BCUT2D eigenvalue weighted by Crippen LogP contribution is -1.99. The van der Waals surface area contributed by atoms with Crippen LogP contribution in [0.25, 0.3) is 10.9 Å². The van der Waals surface area contributed by atoms with Gasteiger partial charge in [-0.3, -0.25) is 4.98 Å². The van der Waals surface area contributed by atoms with Crippen LogP contribution >= 0.6 is 11.6 Å². The molecule has 0 aliphatic heterocycles. The first-order chi connectivity index (χ1) is 10.0. The van der Waals surface area contributed by atoms with E-state index in [1.807, 2.05) is 0 Å².